The quantitative estimate of drug-likeness (QED) is 0.656. The van der Waals surface area contributed by atoms with Gasteiger partial charge in [0.2, 0.25) is 0 Å². The van der Waals surface area contributed by atoms with Crippen molar-refractivity contribution in [1.82, 2.24) is 5.32 Å². The normalized spacial score (nSPS) is 28.2. The minimum atomic E-state index is -0.761. The van der Waals surface area contributed by atoms with Gasteiger partial charge in [-0.3, -0.25) is 4.79 Å². The summed E-state index contributed by atoms with van der Waals surface area (Å²) < 4.78 is 5.83. The minimum absolute atomic E-state index is 0.103. The van der Waals surface area contributed by atoms with Gasteiger partial charge in [-0.1, -0.05) is 26.7 Å². The molecule has 0 bridgehead atoms. The Labute approximate surface area is 110 Å². The van der Waals surface area contributed by atoms with Gasteiger partial charge in [-0.25, -0.2) is 0 Å². The van der Waals surface area contributed by atoms with Gasteiger partial charge >= 0.3 is 5.97 Å². The molecule has 1 saturated carbocycles. The Hall–Kier alpha value is -0.610. The van der Waals surface area contributed by atoms with Crippen molar-refractivity contribution in [2.45, 2.75) is 70.4 Å². The minimum Gasteiger partial charge on any atom is -0.480 e. The number of unbranched alkanes of at least 4 members (excludes halogenated alkanes) is 2. The molecule has 2 N–H and O–H groups in total. The highest BCUT2D eigenvalue weighted by Crippen LogP contribution is 2.30. The first kappa shape index (κ1) is 15.4. The zero-order valence-corrected chi connectivity index (χ0v) is 11.7. The van der Waals surface area contributed by atoms with E-state index in [2.05, 4.69) is 12.2 Å². The van der Waals surface area contributed by atoms with Crippen molar-refractivity contribution in [3.05, 3.63) is 0 Å². The van der Waals surface area contributed by atoms with Gasteiger partial charge in [-0.2, -0.15) is 0 Å². The molecule has 106 valence electrons. The molecule has 1 aliphatic rings. The molecule has 18 heavy (non-hydrogen) atoms. The Kier molecular flexibility index (Phi) is 6.65. The number of rotatable bonds is 8. The van der Waals surface area contributed by atoms with Gasteiger partial charge in [0.25, 0.3) is 0 Å². The largest absolute Gasteiger partial charge is 0.480 e. The van der Waals surface area contributed by atoms with E-state index in [1.807, 2.05) is 6.92 Å². The molecule has 0 aromatic rings. The number of carbonyl (C=O) groups is 1. The van der Waals surface area contributed by atoms with Gasteiger partial charge in [-0.05, 0) is 32.2 Å². The fourth-order valence-electron chi connectivity index (χ4n) is 2.74. The fourth-order valence-corrected chi connectivity index (χ4v) is 2.74. The maximum absolute atomic E-state index is 11.5. The van der Waals surface area contributed by atoms with Crippen LogP contribution in [0.2, 0.25) is 0 Å². The smallest absolute Gasteiger partial charge is 0.323 e. The second kappa shape index (κ2) is 7.74. The summed E-state index contributed by atoms with van der Waals surface area (Å²) in [5, 5.41) is 12.6. The van der Waals surface area contributed by atoms with Crippen molar-refractivity contribution in [3.63, 3.8) is 0 Å². The van der Waals surface area contributed by atoms with E-state index in [1.54, 1.807) is 0 Å². The molecule has 0 radical (unpaired) electrons. The highest BCUT2D eigenvalue weighted by Gasteiger charge is 2.42. The fraction of sp³-hybridized carbons (Fsp3) is 0.929. The summed E-state index contributed by atoms with van der Waals surface area (Å²) in [5.41, 5.74) is -0.761. The molecule has 0 amide bonds. The lowest BCUT2D eigenvalue weighted by molar-refractivity contribution is -0.149. The third-order valence-electron chi connectivity index (χ3n) is 3.73. The summed E-state index contributed by atoms with van der Waals surface area (Å²) in [6, 6.07) is 0. The molecule has 0 spiro atoms. The summed E-state index contributed by atoms with van der Waals surface area (Å²) in [6.07, 6.45) is 6.78. The number of ether oxygens (including phenoxy) is 1. The van der Waals surface area contributed by atoms with Crippen molar-refractivity contribution >= 4 is 5.97 Å². The molecule has 0 aliphatic heterocycles. The number of nitrogens with one attached hydrogen (secondary N) is 1. The maximum atomic E-state index is 11.5. The number of carboxylic acid groups (broad SMARTS) is 1. The number of aliphatic carboxylic acids is 1. The lowest BCUT2D eigenvalue weighted by atomic mass is 9.80. The summed E-state index contributed by atoms with van der Waals surface area (Å²) in [4.78, 5) is 11.5. The summed E-state index contributed by atoms with van der Waals surface area (Å²) in [7, 11) is 0. The molecule has 2 atom stereocenters. The van der Waals surface area contributed by atoms with E-state index >= 15 is 0 Å². The molecule has 0 aromatic heterocycles. The maximum Gasteiger partial charge on any atom is 0.323 e. The molecule has 1 aliphatic carbocycles. The first-order valence-electron chi connectivity index (χ1n) is 7.24. The van der Waals surface area contributed by atoms with Crippen LogP contribution in [0.15, 0.2) is 0 Å². The monoisotopic (exact) mass is 257 g/mol. The van der Waals surface area contributed by atoms with Gasteiger partial charge in [0.1, 0.15) is 5.54 Å². The molecule has 0 heterocycles. The molecular weight excluding hydrogens is 230 g/mol. The Balaban J connectivity index is 2.45. The van der Waals surface area contributed by atoms with Gasteiger partial charge in [0.05, 0.1) is 6.10 Å². The zero-order valence-electron chi connectivity index (χ0n) is 11.7. The van der Waals surface area contributed by atoms with Crippen molar-refractivity contribution in [2.24, 2.45) is 0 Å². The van der Waals surface area contributed by atoms with E-state index < -0.39 is 11.5 Å². The third-order valence-corrected chi connectivity index (χ3v) is 3.73. The molecule has 1 fully saturated rings. The third kappa shape index (κ3) is 4.25. The zero-order chi connectivity index (χ0) is 13.4. The van der Waals surface area contributed by atoms with Crippen molar-refractivity contribution in [3.8, 4) is 0 Å². The van der Waals surface area contributed by atoms with E-state index in [1.165, 1.54) is 12.8 Å². The molecule has 2 unspecified atom stereocenters. The van der Waals surface area contributed by atoms with Gasteiger partial charge in [0.15, 0.2) is 0 Å². The van der Waals surface area contributed by atoms with Crippen molar-refractivity contribution < 1.29 is 14.6 Å². The molecule has 0 saturated heterocycles. The standard InChI is InChI=1S/C14H27NO3/c1-3-5-6-10-18-12-8-7-9-14(11-12,13(16)17)15-4-2/h12,15H,3-11H2,1-2H3,(H,16,17). The molecular formula is C14H27NO3. The Morgan fingerprint density at radius 1 is 1.44 bits per heavy atom. The van der Waals surface area contributed by atoms with E-state index in [9.17, 15) is 9.90 Å². The number of hydrogen-bond acceptors (Lipinski definition) is 3. The van der Waals surface area contributed by atoms with Gasteiger partial charge in [0, 0.05) is 13.0 Å². The van der Waals surface area contributed by atoms with Crippen LogP contribution in [-0.4, -0.2) is 35.9 Å². The van der Waals surface area contributed by atoms with Crippen LogP contribution < -0.4 is 5.32 Å². The molecule has 4 heteroatoms. The lowest BCUT2D eigenvalue weighted by Crippen LogP contribution is -2.56. The highest BCUT2D eigenvalue weighted by atomic mass is 16.5. The van der Waals surface area contributed by atoms with Crippen LogP contribution in [0.5, 0.6) is 0 Å². The van der Waals surface area contributed by atoms with Gasteiger partial charge in [-0.15, -0.1) is 0 Å². The second-order valence-corrected chi connectivity index (χ2v) is 5.21. The Morgan fingerprint density at radius 3 is 2.83 bits per heavy atom. The lowest BCUT2D eigenvalue weighted by Gasteiger charge is -2.38. The summed E-state index contributed by atoms with van der Waals surface area (Å²) in [5.74, 6) is -0.730. The van der Waals surface area contributed by atoms with Crippen LogP contribution in [0, 0.1) is 0 Å². The van der Waals surface area contributed by atoms with Crippen LogP contribution >= 0.6 is 0 Å². The van der Waals surface area contributed by atoms with Crippen molar-refractivity contribution in [2.75, 3.05) is 13.2 Å². The molecule has 1 rings (SSSR count). The second-order valence-electron chi connectivity index (χ2n) is 5.21. The first-order valence-corrected chi connectivity index (χ1v) is 7.24. The van der Waals surface area contributed by atoms with Crippen LogP contribution in [0.3, 0.4) is 0 Å². The van der Waals surface area contributed by atoms with Crippen LogP contribution in [0.25, 0.3) is 0 Å². The Bertz CT molecular complexity index is 253. The predicted octanol–water partition coefficient (Wildman–Crippen LogP) is 2.57. The van der Waals surface area contributed by atoms with Crippen LogP contribution in [0.1, 0.15) is 58.8 Å². The average molecular weight is 257 g/mol. The number of carboxylic acids is 1. The SMILES string of the molecule is CCCCCOC1CCCC(NCC)(C(=O)O)C1. The van der Waals surface area contributed by atoms with E-state index in [0.29, 0.717) is 19.4 Å². The number of hydrogen-bond donors (Lipinski definition) is 2. The predicted molar refractivity (Wildman–Crippen MR) is 71.8 cm³/mol. The van der Waals surface area contributed by atoms with E-state index in [4.69, 9.17) is 4.74 Å². The summed E-state index contributed by atoms with van der Waals surface area (Å²) in [6.45, 7) is 5.58. The molecule has 4 nitrogen and oxygen atoms in total. The topological polar surface area (TPSA) is 58.6 Å². The van der Waals surface area contributed by atoms with Crippen LogP contribution in [-0.2, 0) is 9.53 Å². The highest BCUT2D eigenvalue weighted by molar-refractivity contribution is 5.79. The average Bonchev–Trinajstić information content (AvgIpc) is 2.35. The van der Waals surface area contributed by atoms with Gasteiger partial charge < -0.3 is 15.2 Å². The van der Waals surface area contributed by atoms with Crippen molar-refractivity contribution in [1.29, 1.82) is 0 Å². The summed E-state index contributed by atoms with van der Waals surface area (Å²) >= 11 is 0. The molecule has 0 aromatic carbocycles. The number of likely N-dealkylation sites (N-methyl/N-ethyl adjacent to an activating group) is 1. The first-order chi connectivity index (χ1) is 8.64. The Morgan fingerprint density at radius 2 is 2.22 bits per heavy atom. The van der Waals surface area contributed by atoms with E-state index in [-0.39, 0.29) is 6.10 Å². The van der Waals surface area contributed by atoms with Crippen LogP contribution in [0.4, 0.5) is 0 Å². The van der Waals surface area contributed by atoms with E-state index in [0.717, 1.165) is 25.9 Å².